The van der Waals surface area contributed by atoms with E-state index in [1.165, 1.54) is 10.7 Å². The maximum atomic E-state index is 13.7. The molecule has 1 aromatic heterocycles. The van der Waals surface area contributed by atoms with Gasteiger partial charge in [-0.2, -0.15) is 23.0 Å². The molecule has 0 bridgehead atoms. The molecule has 1 aliphatic heterocycles. The van der Waals surface area contributed by atoms with E-state index in [1.807, 2.05) is 67.5 Å². The highest BCUT2D eigenvalue weighted by atomic mass is 79.9. The van der Waals surface area contributed by atoms with Crippen LogP contribution < -0.4 is 4.90 Å². The number of halogens is 1. The zero-order valence-electron chi connectivity index (χ0n) is 19.2. The number of sulfonamides is 1. The Morgan fingerprint density at radius 3 is 2.23 bits per heavy atom. The number of hydrazone groups is 1. The van der Waals surface area contributed by atoms with Crippen LogP contribution >= 0.6 is 15.9 Å². The number of anilines is 1. The molecule has 0 fully saturated rings. The zero-order chi connectivity index (χ0) is 24.6. The summed E-state index contributed by atoms with van der Waals surface area (Å²) in [5.41, 5.74) is 4.35. The van der Waals surface area contributed by atoms with Gasteiger partial charge in [-0.3, -0.25) is 0 Å². The van der Waals surface area contributed by atoms with E-state index in [2.05, 4.69) is 31.1 Å². The van der Waals surface area contributed by atoms with E-state index in [1.54, 1.807) is 35.3 Å². The molecule has 0 radical (unpaired) electrons. The van der Waals surface area contributed by atoms with Crippen LogP contribution in [0.3, 0.4) is 0 Å². The van der Waals surface area contributed by atoms with E-state index in [0.29, 0.717) is 12.1 Å². The lowest BCUT2D eigenvalue weighted by molar-refractivity contribution is 0.371. The third-order valence-electron chi connectivity index (χ3n) is 5.91. The van der Waals surface area contributed by atoms with E-state index in [0.717, 1.165) is 27.0 Å². The Balaban J connectivity index is 1.53. The highest BCUT2D eigenvalue weighted by Gasteiger charge is 2.37. The summed E-state index contributed by atoms with van der Waals surface area (Å²) in [6.45, 7) is 0. The van der Waals surface area contributed by atoms with Crippen molar-refractivity contribution in [2.24, 2.45) is 5.10 Å². The first kappa shape index (κ1) is 23.3. The first-order chi connectivity index (χ1) is 16.8. The van der Waals surface area contributed by atoms with Crippen molar-refractivity contribution in [2.75, 3.05) is 19.0 Å². The molecule has 1 atom stereocenters. The molecule has 8 nitrogen and oxygen atoms in total. The molecule has 0 spiro atoms. The number of nitrogens with zero attached hydrogens (tertiary/aromatic N) is 6. The smallest absolute Gasteiger partial charge is 0.279 e. The number of benzene rings is 3. The highest BCUT2D eigenvalue weighted by Crippen LogP contribution is 2.38. The quantitative estimate of drug-likeness (QED) is 0.349. The second kappa shape index (κ2) is 9.27. The lowest BCUT2D eigenvalue weighted by Gasteiger charge is -2.24. The van der Waals surface area contributed by atoms with E-state index in [-0.39, 0.29) is 4.90 Å². The van der Waals surface area contributed by atoms with Crippen molar-refractivity contribution >= 4 is 37.4 Å². The highest BCUT2D eigenvalue weighted by molar-refractivity contribution is 9.10. The van der Waals surface area contributed by atoms with Crippen molar-refractivity contribution in [3.05, 3.63) is 101 Å². The largest absolute Gasteiger partial charge is 0.378 e. The summed E-state index contributed by atoms with van der Waals surface area (Å²) in [4.78, 5) is 6.18. The van der Waals surface area contributed by atoms with Gasteiger partial charge in [0.2, 0.25) is 0 Å². The first-order valence-electron chi connectivity index (χ1n) is 10.9. The molecule has 10 heteroatoms. The fourth-order valence-corrected chi connectivity index (χ4v) is 5.69. The third-order valence-corrected chi connectivity index (χ3v) is 8.13. The van der Waals surface area contributed by atoms with Gasteiger partial charge >= 0.3 is 0 Å². The lowest BCUT2D eigenvalue weighted by atomic mass is 9.99. The molecule has 35 heavy (non-hydrogen) atoms. The zero-order valence-corrected chi connectivity index (χ0v) is 21.6. The maximum absolute atomic E-state index is 13.7. The fourth-order valence-electron chi connectivity index (χ4n) is 3.99. The van der Waals surface area contributed by atoms with Crippen LogP contribution in [-0.2, 0) is 10.0 Å². The molecule has 4 aromatic rings. The van der Waals surface area contributed by atoms with Crippen molar-refractivity contribution in [3.8, 4) is 5.69 Å². The van der Waals surface area contributed by atoms with Crippen LogP contribution in [0.4, 0.5) is 5.69 Å². The second-order valence-corrected chi connectivity index (χ2v) is 11.1. The Morgan fingerprint density at radius 2 is 1.63 bits per heavy atom. The molecule has 1 aliphatic rings. The SMILES string of the molecule is CN(C)c1ccc(C2CC(c3ccc(-n4cncn4)cc3)=NN2S(=O)(=O)c2ccc(Br)cc2)cc1. The van der Waals surface area contributed by atoms with Gasteiger partial charge < -0.3 is 4.90 Å². The molecule has 178 valence electrons. The van der Waals surface area contributed by atoms with Crippen LogP contribution in [0.25, 0.3) is 5.69 Å². The Morgan fingerprint density at radius 1 is 0.943 bits per heavy atom. The summed E-state index contributed by atoms with van der Waals surface area (Å²) in [5.74, 6) is 0. The van der Waals surface area contributed by atoms with Crippen molar-refractivity contribution < 1.29 is 8.42 Å². The van der Waals surface area contributed by atoms with E-state index in [4.69, 9.17) is 0 Å². The van der Waals surface area contributed by atoms with Crippen LogP contribution in [0.1, 0.15) is 23.6 Å². The molecule has 0 N–H and O–H groups in total. The van der Waals surface area contributed by atoms with Crippen LogP contribution in [0.5, 0.6) is 0 Å². The number of aromatic nitrogens is 3. The number of rotatable bonds is 6. The topological polar surface area (TPSA) is 83.7 Å². The first-order valence-corrected chi connectivity index (χ1v) is 13.2. The van der Waals surface area contributed by atoms with Gasteiger partial charge in [-0.05, 0) is 59.7 Å². The minimum atomic E-state index is -3.87. The summed E-state index contributed by atoms with van der Waals surface area (Å²) < 4.78 is 31.1. The Labute approximate surface area is 212 Å². The average Bonchev–Trinajstić information content (AvgIpc) is 3.56. The molecule has 0 aliphatic carbocycles. The maximum Gasteiger partial charge on any atom is 0.279 e. The molecule has 3 aromatic carbocycles. The number of hydrogen-bond acceptors (Lipinski definition) is 6. The standard InChI is InChI=1S/C25H23BrN6O2S/c1-30(2)21-9-5-19(6-10-21)25-15-24(18-3-11-22(12-4-18)31-17-27-16-28-31)29-32(25)35(33,34)23-13-7-20(26)8-14-23/h3-14,16-17,25H,15H2,1-2H3. The summed E-state index contributed by atoms with van der Waals surface area (Å²) >= 11 is 3.37. The van der Waals surface area contributed by atoms with Crippen LogP contribution in [0.15, 0.2) is 99.9 Å². The molecular weight excluding hydrogens is 528 g/mol. The molecular formula is C25H23BrN6O2S. The molecule has 0 saturated heterocycles. The Hall–Kier alpha value is -3.50. The minimum absolute atomic E-state index is 0.196. The van der Waals surface area contributed by atoms with E-state index in [9.17, 15) is 8.42 Å². The van der Waals surface area contributed by atoms with Crippen molar-refractivity contribution in [2.45, 2.75) is 17.4 Å². The van der Waals surface area contributed by atoms with Gasteiger partial charge in [0.05, 0.1) is 22.3 Å². The van der Waals surface area contributed by atoms with Crippen molar-refractivity contribution in [1.82, 2.24) is 19.2 Å². The van der Waals surface area contributed by atoms with Crippen LogP contribution in [0.2, 0.25) is 0 Å². The van der Waals surface area contributed by atoms with Gasteiger partial charge in [0.15, 0.2) is 0 Å². The summed E-state index contributed by atoms with van der Waals surface area (Å²) in [7, 11) is 0.0710. The summed E-state index contributed by atoms with van der Waals surface area (Å²) in [5, 5.41) is 8.79. The predicted molar refractivity (Wildman–Crippen MR) is 139 cm³/mol. The Bertz CT molecular complexity index is 1450. The second-order valence-electron chi connectivity index (χ2n) is 8.37. The van der Waals surface area contributed by atoms with Gasteiger partial charge in [0.25, 0.3) is 10.0 Å². The summed E-state index contributed by atoms with van der Waals surface area (Å²) in [6, 6.07) is 21.8. The molecule has 1 unspecified atom stereocenters. The number of hydrogen-bond donors (Lipinski definition) is 0. The van der Waals surface area contributed by atoms with Gasteiger partial charge in [0.1, 0.15) is 12.7 Å². The van der Waals surface area contributed by atoms with Gasteiger partial charge in [-0.25, -0.2) is 9.67 Å². The van der Waals surface area contributed by atoms with Crippen LogP contribution in [0, 0.1) is 0 Å². The predicted octanol–water partition coefficient (Wildman–Crippen LogP) is 4.64. The van der Waals surface area contributed by atoms with E-state index < -0.39 is 16.1 Å². The monoisotopic (exact) mass is 550 g/mol. The minimum Gasteiger partial charge on any atom is -0.378 e. The van der Waals surface area contributed by atoms with Crippen molar-refractivity contribution in [1.29, 1.82) is 0 Å². The fraction of sp³-hybridized carbons (Fsp3) is 0.160. The molecule has 5 rings (SSSR count). The van der Waals surface area contributed by atoms with Gasteiger partial charge in [-0.1, -0.05) is 40.2 Å². The van der Waals surface area contributed by atoms with Gasteiger partial charge in [0, 0.05) is 30.7 Å². The average molecular weight is 551 g/mol. The van der Waals surface area contributed by atoms with Crippen molar-refractivity contribution in [3.63, 3.8) is 0 Å². The molecule has 0 amide bonds. The Kier molecular flexibility index (Phi) is 6.16. The summed E-state index contributed by atoms with van der Waals surface area (Å²) in [6.07, 6.45) is 3.56. The molecule has 2 heterocycles. The van der Waals surface area contributed by atoms with E-state index >= 15 is 0 Å². The van der Waals surface area contributed by atoms with Gasteiger partial charge in [-0.15, -0.1) is 0 Å². The normalized spacial score (nSPS) is 15.8. The molecule has 0 saturated carbocycles. The lowest BCUT2D eigenvalue weighted by Crippen LogP contribution is -2.27. The third kappa shape index (κ3) is 4.59. The van der Waals surface area contributed by atoms with Crippen LogP contribution in [-0.4, -0.2) is 47.4 Å².